The van der Waals surface area contributed by atoms with Crippen molar-refractivity contribution in [3.8, 4) is 6.07 Å². The van der Waals surface area contributed by atoms with Gasteiger partial charge in [0.2, 0.25) is 0 Å². The van der Waals surface area contributed by atoms with E-state index in [1.807, 2.05) is 0 Å². The summed E-state index contributed by atoms with van der Waals surface area (Å²) in [6.07, 6.45) is 0. The third-order valence-corrected chi connectivity index (χ3v) is 3.04. The number of nitriles is 1. The van der Waals surface area contributed by atoms with Crippen LogP contribution < -0.4 is 5.43 Å². The summed E-state index contributed by atoms with van der Waals surface area (Å²) in [5.74, 6) is -5.04. The first kappa shape index (κ1) is 14.3. The van der Waals surface area contributed by atoms with Gasteiger partial charge in [0, 0.05) is 7.05 Å². The molecule has 108 valence electrons. The molecule has 0 saturated heterocycles. The van der Waals surface area contributed by atoms with E-state index in [1.54, 1.807) is 6.07 Å². The molecule has 1 unspecified atom stereocenters. The van der Waals surface area contributed by atoms with Gasteiger partial charge in [0.1, 0.15) is 23.6 Å². The largest absolute Gasteiger partial charge is 0.509 e. The molecule has 21 heavy (non-hydrogen) atoms. The lowest BCUT2D eigenvalue weighted by Crippen LogP contribution is -2.48. The topological polar surface area (TPSA) is 114 Å². The highest BCUT2D eigenvalue weighted by Crippen LogP contribution is 2.30. The third-order valence-electron chi connectivity index (χ3n) is 3.04. The summed E-state index contributed by atoms with van der Waals surface area (Å²) in [6, 6.07) is 4.99. The van der Waals surface area contributed by atoms with Gasteiger partial charge < -0.3 is 10.2 Å². The van der Waals surface area contributed by atoms with Gasteiger partial charge in [-0.05, 0) is 17.7 Å². The van der Waals surface area contributed by atoms with E-state index in [4.69, 9.17) is 10.4 Å². The van der Waals surface area contributed by atoms with Crippen LogP contribution in [0.1, 0.15) is 17.0 Å². The summed E-state index contributed by atoms with van der Waals surface area (Å²) >= 11 is 0. The summed E-state index contributed by atoms with van der Waals surface area (Å²) < 4.78 is 13.6. The first-order chi connectivity index (χ1) is 9.86. The number of carbonyl (C=O) groups is 2. The zero-order valence-corrected chi connectivity index (χ0v) is 10.8. The molecule has 7 nitrogen and oxygen atoms in total. The maximum atomic E-state index is 13.6. The lowest BCUT2D eigenvalue weighted by Gasteiger charge is -2.30. The average Bonchev–Trinajstić information content (AvgIpc) is 2.37. The molecule has 8 heteroatoms. The minimum absolute atomic E-state index is 0.0494. The molecule has 1 aromatic rings. The number of carboxylic acids is 1. The number of rotatable bonds is 2. The number of hydrazine groups is 1. The van der Waals surface area contributed by atoms with Crippen LogP contribution in [-0.2, 0) is 9.59 Å². The van der Waals surface area contributed by atoms with Crippen LogP contribution in [0.15, 0.2) is 29.7 Å². The number of likely N-dealkylation sites (N-methyl/N-ethyl adjacent to an activating group) is 1. The van der Waals surface area contributed by atoms with Crippen molar-refractivity contribution in [2.24, 2.45) is 0 Å². The highest BCUT2D eigenvalue weighted by molar-refractivity contribution is 5.94. The molecule has 0 radical (unpaired) electrons. The zero-order chi connectivity index (χ0) is 15.7. The molecule has 1 heterocycles. The van der Waals surface area contributed by atoms with Gasteiger partial charge in [-0.1, -0.05) is 6.07 Å². The summed E-state index contributed by atoms with van der Waals surface area (Å²) in [4.78, 5) is 23.0. The Kier molecular flexibility index (Phi) is 3.50. The molecule has 3 N–H and O–H groups in total. The van der Waals surface area contributed by atoms with Crippen LogP contribution in [0.4, 0.5) is 4.39 Å². The van der Waals surface area contributed by atoms with Crippen molar-refractivity contribution in [1.82, 2.24) is 10.4 Å². The fourth-order valence-electron chi connectivity index (χ4n) is 2.08. The number of carboxylic acid groups (broad SMARTS) is 1. The third kappa shape index (κ3) is 2.36. The molecule has 0 aliphatic carbocycles. The monoisotopic (exact) mass is 291 g/mol. The number of hydrogen-bond donors (Lipinski definition) is 3. The maximum absolute atomic E-state index is 13.6. The fraction of sp³-hybridized carbons (Fsp3) is 0.154. The van der Waals surface area contributed by atoms with Gasteiger partial charge in [0.25, 0.3) is 5.91 Å². The Morgan fingerprint density at radius 1 is 1.52 bits per heavy atom. The summed E-state index contributed by atoms with van der Waals surface area (Å²) in [6.45, 7) is 0. The number of halogens is 1. The highest BCUT2D eigenvalue weighted by Gasteiger charge is 2.37. The van der Waals surface area contributed by atoms with E-state index in [-0.39, 0.29) is 11.1 Å². The molecule has 0 fully saturated rings. The molecule has 1 aliphatic heterocycles. The van der Waals surface area contributed by atoms with Gasteiger partial charge in [0.15, 0.2) is 5.70 Å². The van der Waals surface area contributed by atoms with Crippen molar-refractivity contribution in [2.45, 2.75) is 5.92 Å². The van der Waals surface area contributed by atoms with E-state index in [9.17, 15) is 19.1 Å². The highest BCUT2D eigenvalue weighted by atomic mass is 19.1. The van der Waals surface area contributed by atoms with E-state index in [2.05, 4.69) is 5.43 Å². The number of aliphatic hydroxyl groups is 1. The van der Waals surface area contributed by atoms with Crippen molar-refractivity contribution in [1.29, 1.82) is 5.26 Å². The molecule has 0 aromatic heterocycles. The predicted molar refractivity (Wildman–Crippen MR) is 67.1 cm³/mol. The second-order valence-corrected chi connectivity index (χ2v) is 4.36. The standard InChI is InChI=1S/C13H10FN3O4/c1-17-10(13(20)21)11(18)9(12(19)16-17)6-2-3-7(5-15)8(14)4-6/h2-4,9,18H,1H3,(H,16,19)(H,20,21). The van der Waals surface area contributed by atoms with Crippen LogP contribution in [0.3, 0.4) is 0 Å². The van der Waals surface area contributed by atoms with Gasteiger partial charge in [-0.3, -0.25) is 15.2 Å². The van der Waals surface area contributed by atoms with E-state index in [0.717, 1.165) is 17.1 Å². The van der Waals surface area contributed by atoms with E-state index in [1.165, 1.54) is 13.1 Å². The van der Waals surface area contributed by atoms with Crippen LogP contribution >= 0.6 is 0 Å². The molecular formula is C13H10FN3O4. The van der Waals surface area contributed by atoms with Crippen molar-refractivity contribution in [2.75, 3.05) is 7.05 Å². The number of benzene rings is 1. The lowest BCUT2D eigenvalue weighted by molar-refractivity contribution is -0.137. The number of nitrogens with zero attached hydrogens (tertiary/aromatic N) is 2. The molecule has 0 spiro atoms. The van der Waals surface area contributed by atoms with Gasteiger partial charge in [0.05, 0.1) is 5.56 Å². The summed E-state index contributed by atoms with van der Waals surface area (Å²) in [5, 5.41) is 28.6. The molecule has 0 saturated carbocycles. The summed E-state index contributed by atoms with van der Waals surface area (Å²) in [7, 11) is 1.26. The fourth-order valence-corrected chi connectivity index (χ4v) is 2.08. The molecule has 1 atom stereocenters. The second kappa shape index (κ2) is 5.13. The Balaban J connectivity index is 2.56. The van der Waals surface area contributed by atoms with Crippen molar-refractivity contribution < 1.29 is 24.2 Å². The maximum Gasteiger partial charge on any atom is 0.357 e. The van der Waals surface area contributed by atoms with Gasteiger partial charge >= 0.3 is 5.97 Å². The number of aliphatic carboxylic acids is 1. The van der Waals surface area contributed by atoms with Crippen molar-refractivity contribution in [3.05, 3.63) is 46.6 Å². The molecule has 0 bridgehead atoms. The van der Waals surface area contributed by atoms with Gasteiger partial charge in [-0.25, -0.2) is 9.18 Å². The van der Waals surface area contributed by atoms with Crippen LogP contribution in [0.25, 0.3) is 0 Å². The number of hydrogen-bond acceptors (Lipinski definition) is 5. The average molecular weight is 291 g/mol. The number of nitrogens with one attached hydrogen (secondary N) is 1. The minimum Gasteiger partial charge on any atom is -0.509 e. The van der Waals surface area contributed by atoms with Crippen LogP contribution in [0.2, 0.25) is 0 Å². The molecular weight excluding hydrogens is 281 g/mol. The zero-order valence-electron chi connectivity index (χ0n) is 10.8. The lowest BCUT2D eigenvalue weighted by atomic mass is 9.92. The van der Waals surface area contributed by atoms with E-state index >= 15 is 0 Å². The Morgan fingerprint density at radius 3 is 2.71 bits per heavy atom. The van der Waals surface area contributed by atoms with Crippen molar-refractivity contribution >= 4 is 11.9 Å². The minimum atomic E-state index is -1.44. The van der Waals surface area contributed by atoms with E-state index < -0.39 is 35.1 Å². The summed E-state index contributed by atoms with van der Waals surface area (Å²) in [5.41, 5.74) is 1.57. The van der Waals surface area contributed by atoms with Crippen LogP contribution in [0.5, 0.6) is 0 Å². The van der Waals surface area contributed by atoms with Gasteiger partial charge in [-0.15, -0.1) is 0 Å². The quantitative estimate of drug-likeness (QED) is 0.735. The van der Waals surface area contributed by atoms with E-state index in [0.29, 0.717) is 0 Å². The Labute approximate surface area is 118 Å². The number of amides is 1. The first-order valence-electron chi connectivity index (χ1n) is 5.77. The molecule has 1 amide bonds. The van der Waals surface area contributed by atoms with Gasteiger partial charge in [-0.2, -0.15) is 5.26 Å². The van der Waals surface area contributed by atoms with Crippen LogP contribution in [0, 0.1) is 17.1 Å². The molecule has 1 aromatic carbocycles. The Bertz CT molecular complexity index is 708. The predicted octanol–water partition coefficient (Wildman–Crippen LogP) is 0.612. The SMILES string of the molecule is CN1NC(=O)C(c2ccc(C#N)c(F)c2)C(O)=C1C(=O)O. The normalized spacial score (nSPS) is 18.2. The Morgan fingerprint density at radius 2 is 2.19 bits per heavy atom. The molecule has 1 aliphatic rings. The van der Waals surface area contributed by atoms with Crippen molar-refractivity contribution in [3.63, 3.8) is 0 Å². The van der Waals surface area contributed by atoms with Crippen LogP contribution in [-0.4, -0.2) is 34.1 Å². The smallest absolute Gasteiger partial charge is 0.357 e. The Hall–Kier alpha value is -3.08. The second-order valence-electron chi connectivity index (χ2n) is 4.36. The molecule has 2 rings (SSSR count). The number of carbonyl (C=O) groups excluding carboxylic acids is 1. The number of aliphatic hydroxyl groups excluding tert-OH is 1. The first-order valence-corrected chi connectivity index (χ1v) is 5.77.